The van der Waals surface area contributed by atoms with Crippen LogP contribution in [0, 0.1) is 24.0 Å². The van der Waals surface area contributed by atoms with Crippen LogP contribution in [-0.2, 0) is 6.61 Å². The summed E-state index contributed by atoms with van der Waals surface area (Å²) in [6.07, 6.45) is 3.74. The van der Waals surface area contributed by atoms with Gasteiger partial charge in [-0.3, -0.25) is 0 Å². The minimum absolute atomic E-state index is 0.143. The molecule has 0 fully saturated rings. The molecule has 0 spiro atoms. The van der Waals surface area contributed by atoms with Crippen molar-refractivity contribution in [1.82, 2.24) is 14.4 Å². The highest BCUT2D eigenvalue weighted by Gasteiger charge is 2.18. The Balaban J connectivity index is 1.85. The minimum Gasteiger partial charge on any atom is -0.479 e. The van der Waals surface area contributed by atoms with Crippen LogP contribution in [0.25, 0.3) is 5.65 Å². The highest BCUT2D eigenvalue weighted by Crippen LogP contribution is 2.25. The Bertz CT molecular complexity index is 857. The molecule has 0 aliphatic carbocycles. The summed E-state index contributed by atoms with van der Waals surface area (Å²) in [6, 6.07) is 7.14. The number of aromatic nitrogens is 3. The van der Waals surface area contributed by atoms with E-state index in [4.69, 9.17) is 4.74 Å². The Morgan fingerprint density at radius 3 is 2.82 bits per heavy atom. The maximum absolute atomic E-state index is 11.0. The van der Waals surface area contributed by atoms with Crippen LogP contribution in [0.4, 0.5) is 5.82 Å². The van der Waals surface area contributed by atoms with Crippen molar-refractivity contribution in [2.75, 3.05) is 0 Å². The van der Waals surface area contributed by atoms with Gasteiger partial charge in [0.2, 0.25) is 5.75 Å². The third-order valence-corrected chi connectivity index (χ3v) is 3.25. The van der Waals surface area contributed by atoms with Gasteiger partial charge >= 0.3 is 5.82 Å². The van der Waals surface area contributed by atoms with E-state index in [9.17, 15) is 10.1 Å². The van der Waals surface area contributed by atoms with Gasteiger partial charge in [-0.05, 0) is 40.6 Å². The lowest BCUT2D eigenvalue weighted by Crippen LogP contribution is -2.01. The number of nitrogens with zero attached hydrogens (tertiary/aromatic N) is 4. The van der Waals surface area contributed by atoms with E-state index in [2.05, 4.69) is 9.97 Å². The van der Waals surface area contributed by atoms with Gasteiger partial charge < -0.3 is 19.3 Å². The van der Waals surface area contributed by atoms with Crippen LogP contribution in [0.5, 0.6) is 5.75 Å². The summed E-state index contributed by atoms with van der Waals surface area (Å²) in [5.41, 5.74) is 3.17. The first-order chi connectivity index (χ1) is 10.5. The van der Waals surface area contributed by atoms with Crippen molar-refractivity contribution in [2.24, 2.45) is 0 Å². The lowest BCUT2D eigenvalue weighted by Gasteiger charge is -2.04. The van der Waals surface area contributed by atoms with Crippen molar-refractivity contribution in [3.05, 3.63) is 63.7 Å². The Hall–Kier alpha value is -2.96. The number of hydrogen-bond donors (Lipinski definition) is 0. The van der Waals surface area contributed by atoms with Gasteiger partial charge in [-0.1, -0.05) is 6.07 Å². The molecule has 0 bridgehead atoms. The van der Waals surface area contributed by atoms with Crippen LogP contribution >= 0.6 is 0 Å². The molecule has 0 N–H and O–H groups in total. The van der Waals surface area contributed by atoms with Crippen molar-refractivity contribution >= 4 is 11.5 Å². The standard InChI is InChI=1S/C15H14N4O3/c1-10-4-3-7-18-8-12(17-14(10)18)9-22-13-6-5-11(2)16-15(13)19(20)21/h3-8H,9H2,1-2H3. The van der Waals surface area contributed by atoms with Crippen LogP contribution in [0.1, 0.15) is 17.0 Å². The molecule has 0 aromatic carbocycles. The smallest absolute Gasteiger partial charge is 0.406 e. The fourth-order valence-electron chi connectivity index (χ4n) is 2.20. The van der Waals surface area contributed by atoms with E-state index < -0.39 is 4.92 Å². The van der Waals surface area contributed by atoms with Crippen molar-refractivity contribution in [3.63, 3.8) is 0 Å². The summed E-state index contributed by atoms with van der Waals surface area (Å²) in [6.45, 7) is 3.82. The molecule has 3 aromatic rings. The summed E-state index contributed by atoms with van der Waals surface area (Å²) in [5.74, 6) is -0.135. The number of pyridine rings is 2. The van der Waals surface area contributed by atoms with Gasteiger partial charge in [0.25, 0.3) is 0 Å². The quantitative estimate of drug-likeness (QED) is 0.546. The molecule has 0 atom stereocenters. The number of hydrogen-bond acceptors (Lipinski definition) is 5. The number of aryl methyl sites for hydroxylation is 2. The topological polar surface area (TPSA) is 82.6 Å². The lowest BCUT2D eigenvalue weighted by atomic mass is 10.3. The second kappa shape index (κ2) is 5.44. The summed E-state index contributed by atoms with van der Waals surface area (Å²) >= 11 is 0. The molecule has 7 nitrogen and oxygen atoms in total. The number of nitro groups is 1. The van der Waals surface area contributed by atoms with Gasteiger partial charge in [-0.15, -0.1) is 0 Å². The first kappa shape index (κ1) is 14.0. The van der Waals surface area contributed by atoms with Crippen molar-refractivity contribution in [3.8, 4) is 5.75 Å². The van der Waals surface area contributed by atoms with E-state index >= 15 is 0 Å². The first-order valence-corrected chi connectivity index (χ1v) is 6.72. The summed E-state index contributed by atoms with van der Waals surface area (Å²) in [7, 11) is 0. The number of rotatable bonds is 4. The van der Waals surface area contributed by atoms with Crippen molar-refractivity contribution < 1.29 is 9.66 Å². The van der Waals surface area contributed by atoms with Gasteiger partial charge in [-0.25, -0.2) is 4.98 Å². The molecule has 0 radical (unpaired) electrons. The molecule has 0 saturated heterocycles. The second-order valence-corrected chi connectivity index (χ2v) is 4.97. The van der Waals surface area contributed by atoms with E-state index in [-0.39, 0.29) is 18.2 Å². The van der Waals surface area contributed by atoms with Crippen LogP contribution < -0.4 is 4.74 Å². The normalized spacial score (nSPS) is 10.8. The predicted octanol–water partition coefficient (Wildman–Crippen LogP) is 2.83. The van der Waals surface area contributed by atoms with Gasteiger partial charge in [0, 0.05) is 19.3 Å². The molecular weight excluding hydrogens is 284 g/mol. The van der Waals surface area contributed by atoms with Crippen LogP contribution in [0.2, 0.25) is 0 Å². The SMILES string of the molecule is Cc1ccc(OCc2cn3cccc(C)c3n2)c([N+](=O)[O-])n1. The van der Waals surface area contributed by atoms with E-state index in [1.807, 2.05) is 35.9 Å². The molecule has 0 aliphatic heterocycles. The molecular formula is C15H14N4O3. The molecule has 3 aromatic heterocycles. The third kappa shape index (κ3) is 2.60. The molecule has 3 rings (SSSR count). The minimum atomic E-state index is -0.545. The summed E-state index contributed by atoms with van der Waals surface area (Å²) < 4.78 is 7.43. The predicted molar refractivity (Wildman–Crippen MR) is 79.9 cm³/mol. The van der Waals surface area contributed by atoms with Gasteiger partial charge in [0.05, 0.1) is 5.69 Å². The highest BCUT2D eigenvalue weighted by molar-refractivity contribution is 5.48. The Morgan fingerprint density at radius 1 is 1.27 bits per heavy atom. The molecule has 0 unspecified atom stereocenters. The maximum atomic E-state index is 11.0. The van der Waals surface area contributed by atoms with E-state index in [1.54, 1.807) is 19.1 Å². The second-order valence-electron chi connectivity index (χ2n) is 4.97. The Labute approximate surface area is 126 Å². The summed E-state index contributed by atoms with van der Waals surface area (Å²) in [4.78, 5) is 18.8. The zero-order chi connectivity index (χ0) is 15.7. The lowest BCUT2D eigenvalue weighted by molar-refractivity contribution is -0.390. The Morgan fingerprint density at radius 2 is 2.09 bits per heavy atom. The average molecular weight is 298 g/mol. The zero-order valence-corrected chi connectivity index (χ0v) is 12.2. The Kier molecular flexibility index (Phi) is 3.46. The molecule has 112 valence electrons. The van der Waals surface area contributed by atoms with Crippen molar-refractivity contribution in [2.45, 2.75) is 20.5 Å². The first-order valence-electron chi connectivity index (χ1n) is 6.72. The molecule has 0 saturated carbocycles. The van der Waals surface area contributed by atoms with Crippen molar-refractivity contribution in [1.29, 1.82) is 0 Å². The van der Waals surface area contributed by atoms with Crippen LogP contribution in [0.15, 0.2) is 36.7 Å². The fourth-order valence-corrected chi connectivity index (χ4v) is 2.20. The third-order valence-electron chi connectivity index (χ3n) is 3.25. The fraction of sp³-hybridized carbons (Fsp3) is 0.200. The molecule has 0 amide bonds. The largest absolute Gasteiger partial charge is 0.479 e. The monoisotopic (exact) mass is 298 g/mol. The molecule has 7 heteroatoms. The van der Waals surface area contributed by atoms with Gasteiger partial charge in [0.15, 0.2) is 0 Å². The molecule has 3 heterocycles. The van der Waals surface area contributed by atoms with Gasteiger partial charge in [0.1, 0.15) is 17.9 Å². The van der Waals surface area contributed by atoms with E-state index in [1.165, 1.54) is 0 Å². The maximum Gasteiger partial charge on any atom is 0.406 e. The number of fused-ring (bicyclic) bond motifs is 1. The zero-order valence-electron chi connectivity index (χ0n) is 12.2. The van der Waals surface area contributed by atoms with E-state index in [0.717, 1.165) is 11.2 Å². The van der Waals surface area contributed by atoms with Crippen LogP contribution in [0.3, 0.4) is 0 Å². The number of ether oxygens (including phenoxy) is 1. The van der Waals surface area contributed by atoms with E-state index in [0.29, 0.717) is 11.4 Å². The molecule has 0 aliphatic rings. The van der Waals surface area contributed by atoms with Crippen LogP contribution in [-0.4, -0.2) is 19.3 Å². The van der Waals surface area contributed by atoms with Gasteiger partial charge in [-0.2, -0.15) is 0 Å². The number of imidazole rings is 1. The summed E-state index contributed by atoms with van der Waals surface area (Å²) in [5, 5.41) is 11.0. The molecule has 22 heavy (non-hydrogen) atoms. The average Bonchev–Trinajstić information content (AvgIpc) is 2.90. The highest BCUT2D eigenvalue weighted by atomic mass is 16.6.